The molecule has 4 aromatic rings. The largest absolute Gasteiger partial charge is 0.346 e. The van der Waals surface area contributed by atoms with Gasteiger partial charge in [0.25, 0.3) is 0 Å². The van der Waals surface area contributed by atoms with Gasteiger partial charge in [-0.05, 0) is 24.3 Å². The van der Waals surface area contributed by atoms with Crippen LogP contribution in [0.2, 0.25) is 0 Å². The SMILES string of the molecule is c1csc(-c2ccc(-c3cnc4[nH]ccc4c3)s2)n1. The maximum Gasteiger partial charge on any atom is 0.137 e. The Bertz CT molecular complexity index is 827. The highest BCUT2D eigenvalue weighted by atomic mass is 32.1. The lowest BCUT2D eigenvalue weighted by Crippen LogP contribution is -1.78. The molecule has 0 unspecified atom stereocenters. The summed E-state index contributed by atoms with van der Waals surface area (Å²) >= 11 is 3.42. The lowest BCUT2D eigenvalue weighted by atomic mass is 10.2. The van der Waals surface area contributed by atoms with Crippen molar-refractivity contribution in [2.45, 2.75) is 0 Å². The van der Waals surface area contributed by atoms with Crippen LogP contribution in [0.1, 0.15) is 0 Å². The van der Waals surface area contributed by atoms with Crippen LogP contribution < -0.4 is 0 Å². The van der Waals surface area contributed by atoms with Gasteiger partial charge >= 0.3 is 0 Å². The van der Waals surface area contributed by atoms with Crippen LogP contribution in [0.15, 0.2) is 48.2 Å². The molecule has 5 heteroatoms. The van der Waals surface area contributed by atoms with E-state index in [2.05, 4.69) is 33.2 Å². The second-order valence-electron chi connectivity index (χ2n) is 4.14. The smallest absolute Gasteiger partial charge is 0.137 e. The number of H-pyrrole nitrogens is 1. The van der Waals surface area contributed by atoms with Crippen molar-refractivity contribution in [2.75, 3.05) is 0 Å². The first-order chi connectivity index (χ1) is 9.40. The van der Waals surface area contributed by atoms with Gasteiger partial charge in [-0.2, -0.15) is 0 Å². The molecule has 0 aliphatic heterocycles. The van der Waals surface area contributed by atoms with Gasteiger partial charge in [0.15, 0.2) is 0 Å². The summed E-state index contributed by atoms with van der Waals surface area (Å²) in [5.41, 5.74) is 2.08. The van der Waals surface area contributed by atoms with Gasteiger partial charge in [-0.25, -0.2) is 9.97 Å². The first-order valence-corrected chi connectivity index (χ1v) is 7.53. The second kappa shape index (κ2) is 4.29. The van der Waals surface area contributed by atoms with Crippen LogP contribution in [0.4, 0.5) is 0 Å². The highest BCUT2D eigenvalue weighted by molar-refractivity contribution is 7.23. The minimum absolute atomic E-state index is 0.931. The van der Waals surface area contributed by atoms with Crippen molar-refractivity contribution in [1.82, 2.24) is 15.0 Å². The van der Waals surface area contributed by atoms with E-state index in [0.717, 1.165) is 21.6 Å². The zero-order valence-corrected chi connectivity index (χ0v) is 11.5. The summed E-state index contributed by atoms with van der Waals surface area (Å²) in [6, 6.07) is 8.47. The first-order valence-electron chi connectivity index (χ1n) is 5.83. The third kappa shape index (κ3) is 1.87. The lowest BCUT2D eigenvalue weighted by molar-refractivity contribution is 1.33. The van der Waals surface area contributed by atoms with Crippen molar-refractivity contribution in [3.8, 4) is 20.3 Å². The third-order valence-electron chi connectivity index (χ3n) is 2.93. The molecule has 0 amide bonds. The van der Waals surface area contributed by atoms with Gasteiger partial charge in [0.2, 0.25) is 0 Å². The fourth-order valence-electron chi connectivity index (χ4n) is 2.03. The minimum Gasteiger partial charge on any atom is -0.346 e. The topological polar surface area (TPSA) is 41.6 Å². The maximum atomic E-state index is 4.43. The minimum atomic E-state index is 0.931. The molecule has 0 bridgehead atoms. The molecule has 0 radical (unpaired) electrons. The number of thiophene rings is 1. The molecule has 0 fully saturated rings. The maximum absolute atomic E-state index is 4.43. The molecule has 4 aromatic heterocycles. The molecule has 0 atom stereocenters. The molecule has 3 nitrogen and oxygen atoms in total. The monoisotopic (exact) mass is 283 g/mol. The molecule has 0 aliphatic rings. The van der Waals surface area contributed by atoms with Gasteiger partial charge in [-0.1, -0.05) is 0 Å². The van der Waals surface area contributed by atoms with Crippen molar-refractivity contribution in [3.63, 3.8) is 0 Å². The lowest BCUT2D eigenvalue weighted by Gasteiger charge is -1.96. The van der Waals surface area contributed by atoms with Gasteiger partial charge in [0, 0.05) is 39.8 Å². The summed E-state index contributed by atoms with van der Waals surface area (Å²) in [4.78, 5) is 14.3. The number of pyridine rings is 1. The summed E-state index contributed by atoms with van der Waals surface area (Å²) in [5, 5.41) is 4.22. The number of rotatable bonds is 2. The number of nitrogens with zero attached hydrogens (tertiary/aromatic N) is 2. The van der Waals surface area contributed by atoms with Crippen molar-refractivity contribution in [2.24, 2.45) is 0 Å². The molecule has 4 rings (SSSR count). The molecule has 0 aromatic carbocycles. The van der Waals surface area contributed by atoms with E-state index in [9.17, 15) is 0 Å². The van der Waals surface area contributed by atoms with Crippen molar-refractivity contribution in [1.29, 1.82) is 0 Å². The van der Waals surface area contributed by atoms with E-state index in [1.807, 2.05) is 30.0 Å². The highest BCUT2D eigenvalue weighted by Gasteiger charge is 2.08. The van der Waals surface area contributed by atoms with Crippen LogP contribution in [-0.2, 0) is 0 Å². The first kappa shape index (κ1) is 10.9. The number of aromatic nitrogens is 3. The Hall–Kier alpha value is -1.98. The molecule has 1 N–H and O–H groups in total. The molecular formula is C14H9N3S2. The number of thiazole rings is 1. The van der Waals surface area contributed by atoms with Crippen LogP contribution in [0.3, 0.4) is 0 Å². The zero-order valence-electron chi connectivity index (χ0n) is 9.83. The zero-order chi connectivity index (χ0) is 12.7. The quantitative estimate of drug-likeness (QED) is 0.592. The van der Waals surface area contributed by atoms with Crippen LogP contribution in [0.5, 0.6) is 0 Å². The average Bonchev–Trinajstić information content (AvgIpc) is 3.18. The Morgan fingerprint density at radius 3 is 2.89 bits per heavy atom. The number of nitrogens with one attached hydrogen (secondary N) is 1. The number of hydrogen-bond donors (Lipinski definition) is 1. The summed E-state index contributed by atoms with van der Waals surface area (Å²) in [5.74, 6) is 0. The van der Waals surface area contributed by atoms with E-state index in [0.29, 0.717) is 0 Å². The molecule has 0 aliphatic carbocycles. The molecule has 4 heterocycles. The molecule has 19 heavy (non-hydrogen) atoms. The second-order valence-corrected chi connectivity index (χ2v) is 6.12. The summed E-state index contributed by atoms with van der Waals surface area (Å²) in [7, 11) is 0. The number of aromatic amines is 1. The van der Waals surface area contributed by atoms with Crippen molar-refractivity contribution < 1.29 is 0 Å². The van der Waals surface area contributed by atoms with Crippen LogP contribution in [0, 0.1) is 0 Å². The van der Waals surface area contributed by atoms with Crippen LogP contribution in [-0.4, -0.2) is 15.0 Å². The molecule has 92 valence electrons. The predicted octanol–water partition coefficient (Wildman–Crippen LogP) is 4.41. The van der Waals surface area contributed by atoms with E-state index in [-0.39, 0.29) is 0 Å². The van der Waals surface area contributed by atoms with Gasteiger partial charge < -0.3 is 4.98 Å². The Morgan fingerprint density at radius 1 is 1.05 bits per heavy atom. The summed E-state index contributed by atoms with van der Waals surface area (Å²) in [6.45, 7) is 0. The number of fused-ring (bicyclic) bond motifs is 1. The fraction of sp³-hybridized carbons (Fsp3) is 0. The van der Waals surface area contributed by atoms with E-state index in [1.165, 1.54) is 9.75 Å². The standard InChI is InChI=1S/C14H9N3S2/c1-2-12(14-16-5-6-18-14)19-11(1)10-7-9-3-4-15-13(9)17-8-10/h1-8H,(H,15,17). The molecular weight excluding hydrogens is 274 g/mol. The van der Waals surface area contributed by atoms with E-state index < -0.39 is 0 Å². The van der Waals surface area contributed by atoms with E-state index >= 15 is 0 Å². The average molecular weight is 283 g/mol. The predicted molar refractivity (Wildman–Crippen MR) is 80.5 cm³/mol. The van der Waals surface area contributed by atoms with Crippen molar-refractivity contribution >= 4 is 33.7 Å². The van der Waals surface area contributed by atoms with Gasteiger partial charge in [-0.3, -0.25) is 0 Å². The Kier molecular flexibility index (Phi) is 2.46. The normalized spacial score (nSPS) is 11.2. The van der Waals surface area contributed by atoms with Gasteiger partial charge in [-0.15, -0.1) is 22.7 Å². The Morgan fingerprint density at radius 2 is 2.00 bits per heavy atom. The Balaban J connectivity index is 1.79. The third-order valence-corrected chi connectivity index (χ3v) is 5.01. The molecule has 0 saturated carbocycles. The van der Waals surface area contributed by atoms with E-state index in [1.54, 1.807) is 22.7 Å². The summed E-state index contributed by atoms with van der Waals surface area (Å²) < 4.78 is 0. The van der Waals surface area contributed by atoms with Crippen LogP contribution in [0.25, 0.3) is 31.4 Å². The van der Waals surface area contributed by atoms with Gasteiger partial charge in [0.05, 0.1) is 4.88 Å². The van der Waals surface area contributed by atoms with Gasteiger partial charge in [0.1, 0.15) is 10.7 Å². The number of hydrogen-bond acceptors (Lipinski definition) is 4. The van der Waals surface area contributed by atoms with Crippen molar-refractivity contribution in [3.05, 3.63) is 48.2 Å². The summed E-state index contributed by atoms with van der Waals surface area (Å²) in [6.07, 6.45) is 5.67. The Labute approximate surface area is 117 Å². The molecule has 0 spiro atoms. The van der Waals surface area contributed by atoms with E-state index in [4.69, 9.17) is 0 Å². The highest BCUT2D eigenvalue weighted by Crippen LogP contribution is 2.35. The molecule has 0 saturated heterocycles. The fourth-order valence-corrected chi connectivity index (χ4v) is 3.73. The van der Waals surface area contributed by atoms with Crippen LogP contribution >= 0.6 is 22.7 Å².